The molecule has 0 saturated heterocycles. The fourth-order valence-corrected chi connectivity index (χ4v) is 1.59. The molecular weight excluding hydrogens is 266 g/mol. The van der Waals surface area contributed by atoms with Crippen LogP contribution in [-0.2, 0) is 0 Å². The molecule has 16 heavy (non-hydrogen) atoms. The average molecular weight is 280 g/mol. The van der Waals surface area contributed by atoms with Crippen LogP contribution in [0.1, 0.15) is 10.4 Å². The normalized spacial score (nSPS) is 9.56. The first kappa shape index (κ1) is 12.7. The predicted octanol–water partition coefficient (Wildman–Crippen LogP) is 3.26. The van der Waals surface area contributed by atoms with Crippen LogP contribution in [-0.4, -0.2) is 23.9 Å². The van der Waals surface area contributed by atoms with E-state index in [0.29, 0.717) is 18.7 Å². The van der Waals surface area contributed by atoms with Crippen molar-refractivity contribution < 1.29 is 4.79 Å². The minimum atomic E-state index is -0.00713. The Kier molecular flexibility index (Phi) is 4.99. The van der Waals surface area contributed by atoms with Crippen molar-refractivity contribution in [3.8, 4) is 0 Å². The lowest BCUT2D eigenvalue weighted by molar-refractivity contribution is 0.0791. The van der Waals surface area contributed by atoms with Crippen molar-refractivity contribution in [2.24, 2.45) is 0 Å². The maximum absolute atomic E-state index is 12.1. The molecule has 0 heterocycles. The van der Waals surface area contributed by atoms with E-state index in [4.69, 9.17) is 0 Å². The highest BCUT2D eigenvalue weighted by atomic mass is 79.9. The van der Waals surface area contributed by atoms with Crippen LogP contribution < -0.4 is 0 Å². The van der Waals surface area contributed by atoms with E-state index in [2.05, 4.69) is 29.1 Å². The van der Waals surface area contributed by atoms with Crippen molar-refractivity contribution in [3.63, 3.8) is 0 Å². The largest absolute Gasteiger partial charge is 0.331 e. The van der Waals surface area contributed by atoms with Crippen LogP contribution in [0, 0.1) is 0 Å². The summed E-state index contributed by atoms with van der Waals surface area (Å²) in [7, 11) is 0. The first-order valence-electron chi connectivity index (χ1n) is 4.95. The van der Waals surface area contributed by atoms with Crippen LogP contribution in [0.4, 0.5) is 0 Å². The monoisotopic (exact) mass is 279 g/mol. The number of halogens is 1. The van der Waals surface area contributed by atoms with Gasteiger partial charge >= 0.3 is 0 Å². The van der Waals surface area contributed by atoms with Gasteiger partial charge in [0.05, 0.1) is 0 Å². The summed E-state index contributed by atoms with van der Waals surface area (Å²) in [5, 5.41) is 0. The highest BCUT2D eigenvalue weighted by Gasteiger charge is 2.12. The minimum absolute atomic E-state index is 0.00713. The third kappa shape index (κ3) is 3.35. The first-order chi connectivity index (χ1) is 7.69. The Bertz CT molecular complexity index is 373. The second kappa shape index (κ2) is 6.28. The van der Waals surface area contributed by atoms with Gasteiger partial charge in [0.1, 0.15) is 0 Å². The molecule has 1 rings (SSSR count). The Morgan fingerprint density at radius 2 is 1.69 bits per heavy atom. The number of hydrogen-bond acceptors (Lipinski definition) is 1. The lowest BCUT2D eigenvalue weighted by Crippen LogP contribution is -2.31. The molecule has 0 fully saturated rings. The molecule has 0 atom stereocenters. The van der Waals surface area contributed by atoms with E-state index in [-0.39, 0.29) is 5.91 Å². The van der Waals surface area contributed by atoms with Crippen molar-refractivity contribution in [1.82, 2.24) is 4.90 Å². The molecule has 0 bridgehead atoms. The molecule has 0 N–H and O–H groups in total. The fourth-order valence-electron chi connectivity index (χ4n) is 1.33. The predicted molar refractivity (Wildman–Crippen MR) is 70.4 cm³/mol. The summed E-state index contributed by atoms with van der Waals surface area (Å²) in [4.78, 5) is 13.7. The van der Waals surface area contributed by atoms with Gasteiger partial charge in [0, 0.05) is 23.1 Å². The molecule has 0 aromatic heterocycles. The fraction of sp³-hybridized carbons (Fsp3) is 0.154. The summed E-state index contributed by atoms with van der Waals surface area (Å²) in [6.45, 7) is 8.33. The van der Waals surface area contributed by atoms with E-state index in [9.17, 15) is 4.79 Å². The van der Waals surface area contributed by atoms with E-state index in [1.54, 1.807) is 29.2 Å². The highest BCUT2D eigenvalue weighted by molar-refractivity contribution is 9.10. The van der Waals surface area contributed by atoms with E-state index < -0.39 is 0 Å². The molecular formula is C13H14BrNO. The van der Waals surface area contributed by atoms with Crippen molar-refractivity contribution >= 4 is 21.8 Å². The van der Waals surface area contributed by atoms with Gasteiger partial charge in [0.2, 0.25) is 0 Å². The summed E-state index contributed by atoms with van der Waals surface area (Å²) in [5.74, 6) is -0.00713. The van der Waals surface area contributed by atoms with Gasteiger partial charge in [-0.3, -0.25) is 4.79 Å². The molecule has 0 radical (unpaired) electrons. The molecule has 0 unspecified atom stereocenters. The average Bonchev–Trinajstić information content (AvgIpc) is 2.29. The van der Waals surface area contributed by atoms with Crippen LogP contribution in [0.3, 0.4) is 0 Å². The molecule has 1 aromatic carbocycles. The minimum Gasteiger partial charge on any atom is -0.331 e. The number of hydrogen-bond donors (Lipinski definition) is 0. The molecule has 3 heteroatoms. The van der Waals surface area contributed by atoms with Crippen molar-refractivity contribution in [1.29, 1.82) is 0 Å². The van der Waals surface area contributed by atoms with Crippen LogP contribution >= 0.6 is 15.9 Å². The van der Waals surface area contributed by atoms with Gasteiger partial charge in [-0.2, -0.15) is 0 Å². The molecule has 84 valence electrons. The summed E-state index contributed by atoms with van der Waals surface area (Å²) >= 11 is 3.34. The Balaban J connectivity index is 2.84. The lowest BCUT2D eigenvalue weighted by Gasteiger charge is -2.19. The van der Waals surface area contributed by atoms with E-state index in [1.165, 1.54) is 0 Å². The third-order valence-electron chi connectivity index (χ3n) is 2.08. The first-order valence-corrected chi connectivity index (χ1v) is 5.75. The van der Waals surface area contributed by atoms with Crippen molar-refractivity contribution in [2.75, 3.05) is 13.1 Å². The third-order valence-corrected chi connectivity index (χ3v) is 2.61. The molecule has 0 spiro atoms. The van der Waals surface area contributed by atoms with E-state index in [0.717, 1.165) is 4.47 Å². The molecule has 0 saturated carbocycles. The molecule has 1 aromatic rings. The van der Waals surface area contributed by atoms with Crippen molar-refractivity contribution in [2.45, 2.75) is 0 Å². The van der Waals surface area contributed by atoms with E-state index >= 15 is 0 Å². The molecule has 0 aliphatic heterocycles. The highest BCUT2D eigenvalue weighted by Crippen LogP contribution is 2.12. The zero-order chi connectivity index (χ0) is 12.0. The van der Waals surface area contributed by atoms with Gasteiger partial charge in [-0.15, -0.1) is 13.2 Å². The second-order valence-electron chi connectivity index (χ2n) is 3.29. The topological polar surface area (TPSA) is 20.3 Å². The Morgan fingerprint density at radius 3 is 2.12 bits per heavy atom. The molecule has 2 nitrogen and oxygen atoms in total. The second-order valence-corrected chi connectivity index (χ2v) is 4.21. The standard InChI is InChI=1S/C13H14BrNO/c1-3-9-15(10-4-2)13(16)11-5-7-12(14)8-6-11/h3-8H,1-2,9-10H2. The smallest absolute Gasteiger partial charge is 0.254 e. The van der Waals surface area contributed by atoms with Crippen LogP contribution in [0.25, 0.3) is 0 Å². The summed E-state index contributed by atoms with van der Waals surface area (Å²) in [6.07, 6.45) is 3.42. The van der Waals surface area contributed by atoms with E-state index in [1.807, 2.05) is 12.1 Å². The molecule has 0 aliphatic carbocycles. The van der Waals surface area contributed by atoms with Gasteiger partial charge in [-0.05, 0) is 24.3 Å². The molecule has 0 aliphatic rings. The van der Waals surface area contributed by atoms with Crippen LogP contribution in [0.2, 0.25) is 0 Å². The number of carbonyl (C=O) groups is 1. The van der Waals surface area contributed by atoms with Gasteiger partial charge in [0.25, 0.3) is 5.91 Å². The molecule has 1 amide bonds. The number of carbonyl (C=O) groups excluding carboxylic acids is 1. The lowest BCUT2D eigenvalue weighted by atomic mass is 10.2. The Hall–Kier alpha value is -1.35. The number of rotatable bonds is 5. The Morgan fingerprint density at radius 1 is 1.19 bits per heavy atom. The number of amides is 1. The van der Waals surface area contributed by atoms with Gasteiger partial charge < -0.3 is 4.90 Å². The summed E-state index contributed by atoms with van der Waals surface area (Å²) < 4.78 is 0.961. The summed E-state index contributed by atoms with van der Waals surface area (Å²) in [6, 6.07) is 7.30. The van der Waals surface area contributed by atoms with Crippen LogP contribution in [0.5, 0.6) is 0 Å². The quantitative estimate of drug-likeness (QED) is 0.758. The van der Waals surface area contributed by atoms with Gasteiger partial charge in [-0.25, -0.2) is 0 Å². The van der Waals surface area contributed by atoms with Gasteiger partial charge in [0.15, 0.2) is 0 Å². The van der Waals surface area contributed by atoms with Gasteiger partial charge in [-0.1, -0.05) is 28.1 Å². The zero-order valence-electron chi connectivity index (χ0n) is 9.03. The van der Waals surface area contributed by atoms with Crippen molar-refractivity contribution in [3.05, 3.63) is 59.6 Å². The zero-order valence-corrected chi connectivity index (χ0v) is 10.6. The number of benzene rings is 1. The Labute approximate surface area is 104 Å². The SMILES string of the molecule is C=CCN(CC=C)C(=O)c1ccc(Br)cc1. The number of nitrogens with zero attached hydrogens (tertiary/aromatic N) is 1. The summed E-state index contributed by atoms with van der Waals surface area (Å²) in [5.41, 5.74) is 0.673. The maximum atomic E-state index is 12.1. The maximum Gasteiger partial charge on any atom is 0.254 e. The van der Waals surface area contributed by atoms with Crippen LogP contribution in [0.15, 0.2) is 54.0 Å².